The van der Waals surface area contributed by atoms with E-state index < -0.39 is 5.97 Å². The van der Waals surface area contributed by atoms with Gasteiger partial charge in [-0.3, -0.25) is 4.79 Å². The molecule has 0 aromatic carbocycles. The fourth-order valence-electron chi connectivity index (χ4n) is 2.13. The smallest absolute Gasteiger partial charge is 0.320 e. The van der Waals surface area contributed by atoms with Gasteiger partial charge in [-0.2, -0.15) is 0 Å². The summed E-state index contributed by atoms with van der Waals surface area (Å²) in [5.74, 6) is -0.398. The number of morpholine rings is 1. The summed E-state index contributed by atoms with van der Waals surface area (Å²) in [6, 6.07) is -0.379. The molecule has 0 radical (unpaired) electrons. The molecule has 1 saturated heterocycles. The number of hydrogen-bond donors (Lipinski definition) is 2. The Morgan fingerprint density at radius 1 is 1.62 bits per heavy atom. The van der Waals surface area contributed by atoms with E-state index in [-0.39, 0.29) is 12.1 Å². The number of nitrogens with one attached hydrogen (secondary N) is 1. The third kappa shape index (κ3) is 3.17. The first-order valence-corrected chi connectivity index (χ1v) is 5.93. The largest absolute Gasteiger partial charge is 0.480 e. The highest BCUT2D eigenvalue weighted by Gasteiger charge is 2.36. The van der Waals surface area contributed by atoms with Gasteiger partial charge >= 0.3 is 5.97 Å². The van der Waals surface area contributed by atoms with Crippen molar-refractivity contribution in [2.24, 2.45) is 5.92 Å². The molecule has 92 valence electrons. The number of carboxylic acid groups (broad SMARTS) is 1. The van der Waals surface area contributed by atoms with E-state index in [4.69, 9.17) is 9.84 Å². The van der Waals surface area contributed by atoms with Crippen LogP contribution in [0.1, 0.15) is 12.8 Å². The number of nitrogens with zero attached hydrogens (tertiary/aromatic N) is 1. The molecule has 16 heavy (non-hydrogen) atoms. The second-order valence-electron chi connectivity index (χ2n) is 4.82. The van der Waals surface area contributed by atoms with Crippen LogP contribution in [0.3, 0.4) is 0 Å². The molecule has 2 atom stereocenters. The van der Waals surface area contributed by atoms with Crippen molar-refractivity contribution in [1.82, 2.24) is 10.2 Å². The van der Waals surface area contributed by atoms with Crippen molar-refractivity contribution in [3.63, 3.8) is 0 Å². The fourth-order valence-corrected chi connectivity index (χ4v) is 2.13. The first-order chi connectivity index (χ1) is 7.66. The van der Waals surface area contributed by atoms with Crippen LogP contribution in [0.2, 0.25) is 0 Å². The van der Waals surface area contributed by atoms with Crippen molar-refractivity contribution in [3.05, 3.63) is 0 Å². The van der Waals surface area contributed by atoms with Gasteiger partial charge in [0.15, 0.2) is 0 Å². The highest BCUT2D eigenvalue weighted by Crippen LogP contribution is 2.32. The van der Waals surface area contributed by atoms with Crippen LogP contribution in [0, 0.1) is 5.92 Å². The van der Waals surface area contributed by atoms with Crippen LogP contribution in [0.5, 0.6) is 0 Å². The molecule has 2 unspecified atom stereocenters. The SMILES string of the molecule is CN1CCOC(CNC(C(=O)O)C2CC2)C1. The number of rotatable bonds is 5. The van der Waals surface area contributed by atoms with Crippen LogP contribution in [0.4, 0.5) is 0 Å². The Balaban J connectivity index is 1.74. The predicted octanol–water partition coefficient (Wildman–Crippen LogP) is -0.230. The Labute approximate surface area is 95.8 Å². The van der Waals surface area contributed by atoms with Gasteiger partial charge in [-0.05, 0) is 25.8 Å². The minimum Gasteiger partial charge on any atom is -0.480 e. The van der Waals surface area contributed by atoms with Gasteiger partial charge in [-0.1, -0.05) is 0 Å². The van der Waals surface area contributed by atoms with Gasteiger partial charge in [0.2, 0.25) is 0 Å². The second kappa shape index (κ2) is 5.12. The molecule has 2 rings (SSSR count). The van der Waals surface area contributed by atoms with E-state index in [0.717, 1.165) is 32.5 Å². The van der Waals surface area contributed by atoms with E-state index >= 15 is 0 Å². The Kier molecular flexibility index (Phi) is 3.78. The molecule has 1 aliphatic heterocycles. The highest BCUT2D eigenvalue weighted by molar-refractivity contribution is 5.74. The molecular formula is C11H20N2O3. The van der Waals surface area contributed by atoms with Gasteiger partial charge in [-0.25, -0.2) is 0 Å². The van der Waals surface area contributed by atoms with E-state index in [9.17, 15) is 4.79 Å². The van der Waals surface area contributed by atoms with Crippen LogP contribution in [-0.2, 0) is 9.53 Å². The number of ether oxygens (including phenoxy) is 1. The molecule has 0 aromatic rings. The van der Waals surface area contributed by atoms with Gasteiger partial charge in [0.05, 0.1) is 12.7 Å². The molecule has 5 heteroatoms. The summed E-state index contributed by atoms with van der Waals surface area (Å²) >= 11 is 0. The molecule has 1 saturated carbocycles. The molecule has 2 fully saturated rings. The Bertz CT molecular complexity index is 256. The zero-order chi connectivity index (χ0) is 11.5. The summed E-state index contributed by atoms with van der Waals surface area (Å²) in [7, 11) is 2.06. The minimum atomic E-state index is -0.730. The van der Waals surface area contributed by atoms with E-state index in [2.05, 4.69) is 17.3 Å². The topological polar surface area (TPSA) is 61.8 Å². The Hall–Kier alpha value is -0.650. The minimum absolute atomic E-state index is 0.124. The molecule has 2 aliphatic rings. The second-order valence-corrected chi connectivity index (χ2v) is 4.82. The summed E-state index contributed by atoms with van der Waals surface area (Å²) in [6.45, 7) is 3.22. The molecule has 0 spiro atoms. The van der Waals surface area contributed by atoms with Crippen molar-refractivity contribution < 1.29 is 14.6 Å². The Morgan fingerprint density at radius 2 is 2.38 bits per heavy atom. The molecule has 2 N–H and O–H groups in total. The molecule has 0 aromatic heterocycles. The zero-order valence-corrected chi connectivity index (χ0v) is 9.69. The highest BCUT2D eigenvalue weighted by atomic mass is 16.5. The predicted molar refractivity (Wildman–Crippen MR) is 59.4 cm³/mol. The maximum atomic E-state index is 11.0. The summed E-state index contributed by atoms with van der Waals surface area (Å²) in [5.41, 5.74) is 0. The fraction of sp³-hybridized carbons (Fsp3) is 0.909. The lowest BCUT2D eigenvalue weighted by atomic mass is 10.1. The monoisotopic (exact) mass is 228 g/mol. The average Bonchev–Trinajstić information content (AvgIpc) is 3.02. The first-order valence-electron chi connectivity index (χ1n) is 5.93. The number of carboxylic acids is 1. The number of likely N-dealkylation sites (N-methyl/N-ethyl adjacent to an activating group) is 1. The third-order valence-electron chi connectivity index (χ3n) is 3.27. The summed E-state index contributed by atoms with van der Waals surface area (Å²) in [5, 5.41) is 12.2. The van der Waals surface area contributed by atoms with Gasteiger partial charge in [0.25, 0.3) is 0 Å². The van der Waals surface area contributed by atoms with Crippen LogP contribution >= 0.6 is 0 Å². The summed E-state index contributed by atoms with van der Waals surface area (Å²) in [4.78, 5) is 13.2. The molecule has 0 amide bonds. The van der Waals surface area contributed by atoms with Crippen molar-refractivity contribution in [1.29, 1.82) is 0 Å². The van der Waals surface area contributed by atoms with Crippen LogP contribution in [-0.4, -0.2) is 61.4 Å². The first kappa shape index (κ1) is 11.8. The van der Waals surface area contributed by atoms with Gasteiger partial charge in [0.1, 0.15) is 6.04 Å². The maximum absolute atomic E-state index is 11.0. The van der Waals surface area contributed by atoms with E-state index in [1.807, 2.05) is 0 Å². The van der Waals surface area contributed by atoms with Gasteiger partial charge < -0.3 is 20.1 Å². The van der Waals surface area contributed by atoms with Crippen molar-refractivity contribution in [3.8, 4) is 0 Å². The lowest BCUT2D eigenvalue weighted by Gasteiger charge is -2.30. The van der Waals surface area contributed by atoms with E-state index in [1.54, 1.807) is 0 Å². The number of aliphatic carboxylic acids is 1. The van der Waals surface area contributed by atoms with Crippen LogP contribution in [0.25, 0.3) is 0 Å². The normalized spacial score (nSPS) is 28.9. The summed E-state index contributed by atoms with van der Waals surface area (Å²) < 4.78 is 5.58. The third-order valence-corrected chi connectivity index (χ3v) is 3.27. The van der Waals surface area contributed by atoms with Crippen LogP contribution < -0.4 is 5.32 Å². The number of hydrogen-bond acceptors (Lipinski definition) is 4. The van der Waals surface area contributed by atoms with Crippen molar-refractivity contribution in [2.45, 2.75) is 25.0 Å². The van der Waals surface area contributed by atoms with Crippen LogP contribution in [0.15, 0.2) is 0 Å². The molecule has 5 nitrogen and oxygen atoms in total. The molecular weight excluding hydrogens is 208 g/mol. The lowest BCUT2D eigenvalue weighted by molar-refractivity contribution is -0.140. The zero-order valence-electron chi connectivity index (χ0n) is 9.69. The van der Waals surface area contributed by atoms with E-state index in [0.29, 0.717) is 12.5 Å². The molecule has 0 bridgehead atoms. The van der Waals surface area contributed by atoms with Crippen molar-refractivity contribution >= 4 is 5.97 Å². The Morgan fingerprint density at radius 3 is 2.94 bits per heavy atom. The number of carbonyl (C=O) groups is 1. The molecule has 1 aliphatic carbocycles. The van der Waals surface area contributed by atoms with Gasteiger partial charge in [0, 0.05) is 19.6 Å². The quantitative estimate of drug-likeness (QED) is 0.680. The molecule has 1 heterocycles. The standard InChI is InChI=1S/C11H20N2O3/c1-13-4-5-16-9(7-13)6-12-10(11(14)15)8-2-3-8/h8-10,12H,2-7H2,1H3,(H,14,15). The maximum Gasteiger partial charge on any atom is 0.320 e. The lowest BCUT2D eigenvalue weighted by Crippen LogP contribution is -2.49. The van der Waals surface area contributed by atoms with Crippen molar-refractivity contribution in [2.75, 3.05) is 33.3 Å². The van der Waals surface area contributed by atoms with E-state index in [1.165, 1.54) is 0 Å². The average molecular weight is 228 g/mol. The summed E-state index contributed by atoms with van der Waals surface area (Å²) in [6.07, 6.45) is 2.20. The van der Waals surface area contributed by atoms with Gasteiger partial charge in [-0.15, -0.1) is 0 Å².